The van der Waals surface area contributed by atoms with Crippen molar-refractivity contribution in [1.29, 1.82) is 0 Å². The maximum Gasteiger partial charge on any atom is -0.0118 e. The monoisotopic (exact) mass is 162 g/mol. The van der Waals surface area contributed by atoms with Gasteiger partial charge in [0.15, 0.2) is 0 Å². The van der Waals surface area contributed by atoms with Gasteiger partial charge < -0.3 is 0 Å². The normalized spacial score (nSPS) is 55.8. The van der Waals surface area contributed by atoms with Gasteiger partial charge in [0.25, 0.3) is 0 Å². The Morgan fingerprint density at radius 1 is 1.50 bits per heavy atom. The van der Waals surface area contributed by atoms with Crippen LogP contribution >= 0.6 is 0 Å². The van der Waals surface area contributed by atoms with Gasteiger partial charge in [0, 0.05) is 0 Å². The predicted molar refractivity (Wildman–Crippen MR) is 50.8 cm³/mol. The van der Waals surface area contributed by atoms with Crippen LogP contribution in [0.4, 0.5) is 0 Å². The summed E-state index contributed by atoms with van der Waals surface area (Å²) in [7, 11) is 0. The minimum Gasteiger partial charge on any atom is -0.0850 e. The molecule has 3 aliphatic carbocycles. The van der Waals surface area contributed by atoms with Gasteiger partial charge in [-0.25, -0.2) is 0 Å². The molecule has 66 valence electrons. The topological polar surface area (TPSA) is 0 Å². The lowest BCUT2D eigenvalue weighted by Crippen LogP contribution is -2.26. The third-order valence-electron chi connectivity index (χ3n) is 4.80. The zero-order chi connectivity index (χ0) is 8.34. The molecule has 0 heteroatoms. The highest BCUT2D eigenvalue weighted by Gasteiger charge is 2.56. The second kappa shape index (κ2) is 1.97. The van der Waals surface area contributed by atoms with E-state index in [0.717, 1.165) is 17.8 Å². The quantitative estimate of drug-likeness (QED) is 0.479. The van der Waals surface area contributed by atoms with Crippen LogP contribution in [0.15, 0.2) is 11.6 Å². The third kappa shape index (κ3) is 0.654. The summed E-state index contributed by atoms with van der Waals surface area (Å²) in [6.07, 6.45) is 8.47. The van der Waals surface area contributed by atoms with Crippen LogP contribution in [0.1, 0.15) is 39.5 Å². The maximum absolute atomic E-state index is 2.53. The van der Waals surface area contributed by atoms with Crippen LogP contribution in [0, 0.1) is 23.2 Å². The average molecular weight is 162 g/mol. The Kier molecular flexibility index (Phi) is 1.18. The average Bonchev–Trinajstić information content (AvgIpc) is 2.61. The largest absolute Gasteiger partial charge is 0.0850 e. The fourth-order valence-electron chi connectivity index (χ4n) is 4.42. The fourth-order valence-corrected chi connectivity index (χ4v) is 4.42. The highest BCUT2D eigenvalue weighted by atomic mass is 14.6. The van der Waals surface area contributed by atoms with Crippen LogP contribution in [0.3, 0.4) is 0 Å². The van der Waals surface area contributed by atoms with E-state index < -0.39 is 0 Å². The highest BCUT2D eigenvalue weighted by Crippen LogP contribution is 2.65. The van der Waals surface area contributed by atoms with Crippen LogP contribution in [0.25, 0.3) is 0 Å². The summed E-state index contributed by atoms with van der Waals surface area (Å²) in [6, 6.07) is 0. The molecule has 2 saturated carbocycles. The standard InChI is InChI=1S/C12H18/c1-8-3-4-10-9-5-6-12(2,7-9)11(8)10/h3,9-11H,4-7H2,1-2H3. The number of allylic oxidation sites excluding steroid dienone is 2. The second-order valence-electron chi connectivity index (χ2n) is 5.48. The summed E-state index contributed by atoms with van der Waals surface area (Å²) in [5, 5.41) is 0. The Morgan fingerprint density at radius 3 is 3.08 bits per heavy atom. The molecule has 12 heavy (non-hydrogen) atoms. The van der Waals surface area contributed by atoms with Gasteiger partial charge in [-0.1, -0.05) is 18.6 Å². The molecule has 0 spiro atoms. The molecule has 0 aromatic heterocycles. The van der Waals surface area contributed by atoms with Crippen molar-refractivity contribution in [3.63, 3.8) is 0 Å². The van der Waals surface area contributed by atoms with E-state index in [2.05, 4.69) is 19.9 Å². The van der Waals surface area contributed by atoms with Crippen molar-refractivity contribution in [3.8, 4) is 0 Å². The van der Waals surface area contributed by atoms with Gasteiger partial charge in [-0.15, -0.1) is 0 Å². The zero-order valence-electron chi connectivity index (χ0n) is 8.14. The Balaban J connectivity index is 2.03. The van der Waals surface area contributed by atoms with E-state index in [0.29, 0.717) is 5.41 Å². The molecular weight excluding hydrogens is 144 g/mol. The molecule has 2 fully saturated rings. The molecule has 3 rings (SSSR count). The molecule has 0 nitrogen and oxygen atoms in total. The van der Waals surface area contributed by atoms with Crippen LogP contribution in [-0.2, 0) is 0 Å². The van der Waals surface area contributed by atoms with Gasteiger partial charge in [0.2, 0.25) is 0 Å². The first-order valence-electron chi connectivity index (χ1n) is 5.37. The van der Waals surface area contributed by atoms with Crippen molar-refractivity contribution in [2.24, 2.45) is 23.2 Å². The van der Waals surface area contributed by atoms with Crippen LogP contribution in [0.2, 0.25) is 0 Å². The van der Waals surface area contributed by atoms with Crippen molar-refractivity contribution in [2.75, 3.05) is 0 Å². The molecule has 4 atom stereocenters. The Labute approximate surface area is 75.0 Å². The molecule has 0 aromatic carbocycles. The summed E-state index contributed by atoms with van der Waals surface area (Å²) in [6.45, 7) is 4.89. The number of hydrogen-bond acceptors (Lipinski definition) is 0. The molecule has 4 unspecified atom stereocenters. The molecule has 0 saturated heterocycles. The van der Waals surface area contributed by atoms with Crippen LogP contribution < -0.4 is 0 Å². The molecule has 0 aromatic rings. The van der Waals surface area contributed by atoms with E-state index >= 15 is 0 Å². The zero-order valence-corrected chi connectivity index (χ0v) is 8.14. The Morgan fingerprint density at radius 2 is 2.33 bits per heavy atom. The van der Waals surface area contributed by atoms with E-state index in [1.54, 1.807) is 5.57 Å². The Hall–Kier alpha value is -0.260. The first kappa shape index (κ1) is 7.17. The molecule has 2 bridgehead atoms. The minimum atomic E-state index is 0.715. The molecular formula is C12H18. The lowest BCUT2D eigenvalue weighted by molar-refractivity contribution is 0.195. The molecule has 0 radical (unpaired) electrons. The first-order valence-corrected chi connectivity index (χ1v) is 5.37. The van der Waals surface area contributed by atoms with Gasteiger partial charge >= 0.3 is 0 Å². The minimum absolute atomic E-state index is 0.715. The smallest absolute Gasteiger partial charge is 0.0118 e. The summed E-state index contributed by atoms with van der Waals surface area (Å²) in [5.41, 5.74) is 2.43. The molecule has 0 heterocycles. The van der Waals surface area contributed by atoms with E-state index in [4.69, 9.17) is 0 Å². The van der Waals surface area contributed by atoms with E-state index in [1.165, 1.54) is 25.7 Å². The summed E-state index contributed by atoms with van der Waals surface area (Å²) < 4.78 is 0. The molecule has 3 aliphatic rings. The Bertz CT molecular complexity index is 251. The van der Waals surface area contributed by atoms with Crippen LogP contribution in [0.5, 0.6) is 0 Å². The first-order chi connectivity index (χ1) is 5.71. The fraction of sp³-hybridized carbons (Fsp3) is 0.833. The molecule has 0 N–H and O–H groups in total. The van der Waals surface area contributed by atoms with Crippen LogP contribution in [-0.4, -0.2) is 0 Å². The molecule has 0 aliphatic heterocycles. The third-order valence-corrected chi connectivity index (χ3v) is 4.80. The summed E-state index contributed by atoms with van der Waals surface area (Å²) in [5.74, 6) is 3.13. The second-order valence-corrected chi connectivity index (χ2v) is 5.48. The van der Waals surface area contributed by atoms with Crippen molar-refractivity contribution in [2.45, 2.75) is 39.5 Å². The van der Waals surface area contributed by atoms with Crippen molar-refractivity contribution in [3.05, 3.63) is 11.6 Å². The number of hydrogen-bond donors (Lipinski definition) is 0. The molecule has 0 amide bonds. The van der Waals surface area contributed by atoms with Gasteiger partial charge in [-0.2, -0.15) is 0 Å². The predicted octanol–water partition coefficient (Wildman–Crippen LogP) is 3.39. The van der Waals surface area contributed by atoms with Crippen molar-refractivity contribution in [1.82, 2.24) is 0 Å². The van der Waals surface area contributed by atoms with Crippen molar-refractivity contribution >= 4 is 0 Å². The summed E-state index contributed by atoms with van der Waals surface area (Å²) in [4.78, 5) is 0. The highest BCUT2D eigenvalue weighted by molar-refractivity contribution is 5.23. The van der Waals surface area contributed by atoms with Gasteiger partial charge in [0.05, 0.1) is 0 Å². The van der Waals surface area contributed by atoms with Gasteiger partial charge in [-0.05, 0) is 55.8 Å². The van der Waals surface area contributed by atoms with E-state index in [-0.39, 0.29) is 0 Å². The van der Waals surface area contributed by atoms with E-state index in [1.807, 2.05) is 0 Å². The van der Waals surface area contributed by atoms with Crippen molar-refractivity contribution < 1.29 is 0 Å². The van der Waals surface area contributed by atoms with Gasteiger partial charge in [-0.3, -0.25) is 0 Å². The lowest BCUT2D eigenvalue weighted by Gasteiger charge is -2.34. The lowest BCUT2D eigenvalue weighted by atomic mass is 9.71. The van der Waals surface area contributed by atoms with Gasteiger partial charge in [0.1, 0.15) is 0 Å². The number of rotatable bonds is 0. The maximum atomic E-state index is 2.53. The van der Waals surface area contributed by atoms with E-state index in [9.17, 15) is 0 Å². The number of fused-ring (bicyclic) bond motifs is 5. The SMILES string of the molecule is CC1=CCC2C3CCC(C)(C3)C12. The summed E-state index contributed by atoms with van der Waals surface area (Å²) >= 11 is 0.